The summed E-state index contributed by atoms with van der Waals surface area (Å²) in [7, 11) is 0. The molecule has 2 aromatic rings. The van der Waals surface area contributed by atoms with Crippen molar-refractivity contribution in [3.05, 3.63) is 69.8 Å². The van der Waals surface area contributed by atoms with Crippen molar-refractivity contribution in [2.45, 2.75) is 168 Å². The van der Waals surface area contributed by atoms with E-state index in [4.69, 9.17) is 28.5 Å². The van der Waals surface area contributed by atoms with Crippen LogP contribution < -0.4 is 5.32 Å². The van der Waals surface area contributed by atoms with Crippen LogP contribution >= 0.6 is 0 Å². The topological polar surface area (TPSA) is 127 Å². The van der Waals surface area contributed by atoms with E-state index in [1.165, 1.54) is 24.3 Å². The number of amides is 1. The van der Waals surface area contributed by atoms with E-state index >= 15 is 0 Å². The minimum Gasteiger partial charge on any atom is -0.464 e. The van der Waals surface area contributed by atoms with Crippen molar-refractivity contribution in [3.63, 3.8) is 0 Å². The zero-order chi connectivity index (χ0) is 51.3. The van der Waals surface area contributed by atoms with Crippen LogP contribution in [-0.4, -0.2) is 109 Å². The van der Waals surface area contributed by atoms with Gasteiger partial charge in [-0.2, -0.15) is 35.9 Å². The van der Waals surface area contributed by atoms with Gasteiger partial charge in [0, 0.05) is 39.3 Å². The second-order valence-electron chi connectivity index (χ2n) is 21.5. The van der Waals surface area contributed by atoms with Crippen molar-refractivity contribution in [3.8, 4) is 0 Å². The molecule has 4 aliphatic heterocycles. The summed E-state index contributed by atoms with van der Waals surface area (Å²) in [6, 6.07) is 8.56. The number of piperidine rings is 4. The van der Waals surface area contributed by atoms with E-state index in [-0.39, 0.29) is 42.6 Å². The first-order valence-corrected chi connectivity index (χ1v) is 24.0. The van der Waals surface area contributed by atoms with Crippen LogP contribution in [0.25, 0.3) is 0 Å². The summed E-state index contributed by atoms with van der Waals surface area (Å²) in [6.07, 6.45) is -2.59. The van der Waals surface area contributed by atoms with Gasteiger partial charge in [-0.1, -0.05) is 32.9 Å². The molecular formula is C51H74F6N4O8. The lowest BCUT2D eigenvalue weighted by Crippen LogP contribution is -2.47. The van der Waals surface area contributed by atoms with Crippen molar-refractivity contribution < 1.29 is 64.5 Å². The number of carbonyl (C=O) groups is 2. The van der Waals surface area contributed by atoms with E-state index in [2.05, 4.69) is 35.9 Å². The summed E-state index contributed by atoms with van der Waals surface area (Å²) in [4.78, 5) is 45.1. The number of benzene rings is 2. The number of hydrogen-bond acceptors (Lipinski definition) is 11. The van der Waals surface area contributed by atoms with Crippen LogP contribution in [0.15, 0.2) is 36.4 Å². The molecule has 388 valence electrons. The number of rotatable bonds is 12. The number of halogens is 6. The van der Waals surface area contributed by atoms with Gasteiger partial charge in [-0.05, 0) is 170 Å². The fourth-order valence-corrected chi connectivity index (χ4v) is 9.21. The molecule has 0 unspecified atom stereocenters. The molecule has 0 bridgehead atoms. The summed E-state index contributed by atoms with van der Waals surface area (Å²) in [5, 5.41) is 3.27. The smallest absolute Gasteiger partial charge is 0.416 e. The molecule has 0 saturated carbocycles. The number of likely N-dealkylation sites (tertiary alicyclic amines) is 3. The van der Waals surface area contributed by atoms with Gasteiger partial charge < -0.3 is 29.2 Å². The highest BCUT2D eigenvalue weighted by atomic mass is 19.4. The van der Waals surface area contributed by atoms with Crippen LogP contribution in [-0.2, 0) is 72.0 Å². The molecule has 0 atom stereocenters. The van der Waals surface area contributed by atoms with Gasteiger partial charge in [0.15, 0.2) is 0 Å². The van der Waals surface area contributed by atoms with Gasteiger partial charge in [0.05, 0.1) is 35.5 Å². The minimum absolute atomic E-state index is 0.0973. The van der Waals surface area contributed by atoms with Crippen molar-refractivity contribution in [2.75, 3.05) is 52.4 Å². The molecule has 12 nitrogen and oxygen atoms in total. The van der Waals surface area contributed by atoms with Gasteiger partial charge in [0.2, 0.25) is 0 Å². The standard InChI is InChI=1S/C29H45F3N2O3.C21H29F3N2O3.CO2/c1-26(2,3)23-8-12-33(13-9-23)19-21-16-22(18-24(17-21)29(30,31)32)20-36-28(7)10-14-34(15-11-28)25(35)37-27(4,5)6;1-20(4-6-25-7-5-20)29-14-17-10-16(11-18(12-17)21(22,23)24)13-26-8-2-19(3-9-26)28-15-27;2-1-3/h16-18,23H,8-15,19-20H2,1-7H3;10-12,15,19,25H,2-9,13-14H2,1H3;. The third-order valence-corrected chi connectivity index (χ3v) is 13.5. The quantitative estimate of drug-likeness (QED) is 0.161. The molecule has 0 aliphatic carbocycles. The molecule has 0 spiro atoms. The number of nitrogens with one attached hydrogen (secondary N) is 1. The van der Waals surface area contributed by atoms with E-state index < -0.39 is 34.7 Å². The lowest BCUT2D eigenvalue weighted by atomic mass is 9.75. The number of hydrogen-bond donors (Lipinski definition) is 1. The van der Waals surface area contributed by atoms with Gasteiger partial charge in [0.25, 0.3) is 6.47 Å². The van der Waals surface area contributed by atoms with Crippen LogP contribution in [0.5, 0.6) is 0 Å². The first kappa shape index (κ1) is 57.5. The summed E-state index contributed by atoms with van der Waals surface area (Å²) in [5.74, 6) is 0.636. The summed E-state index contributed by atoms with van der Waals surface area (Å²) >= 11 is 0. The highest BCUT2D eigenvalue weighted by Crippen LogP contribution is 2.37. The highest BCUT2D eigenvalue weighted by molar-refractivity contribution is 5.68. The molecule has 69 heavy (non-hydrogen) atoms. The summed E-state index contributed by atoms with van der Waals surface area (Å²) in [6.45, 7) is 23.8. The fraction of sp³-hybridized carbons (Fsp3) is 0.706. The maximum Gasteiger partial charge on any atom is 0.416 e. The normalized spacial score (nSPS) is 19.8. The molecule has 1 N–H and O–H groups in total. The molecule has 2 aromatic carbocycles. The van der Waals surface area contributed by atoms with E-state index in [9.17, 15) is 35.9 Å². The first-order chi connectivity index (χ1) is 32.1. The number of alkyl halides is 6. The van der Waals surface area contributed by atoms with Crippen LogP contribution in [0.1, 0.15) is 140 Å². The molecule has 4 aliphatic rings. The lowest BCUT2D eigenvalue weighted by Gasteiger charge is -2.39. The zero-order valence-electron chi connectivity index (χ0n) is 41.7. The SMILES string of the molecule is CC(C)(C)OC(=O)N1CCC(C)(OCc2cc(CN3CCC(C(C)(C)C)CC3)cc(C(F)(F)F)c2)CC1.CC1(OCc2cc(CN3CCC(OC=O)CC3)cc(C(F)(F)F)c2)CCNCC1.O=C=O. The van der Waals surface area contributed by atoms with Crippen molar-refractivity contribution in [1.29, 1.82) is 0 Å². The van der Waals surface area contributed by atoms with Gasteiger partial charge in [-0.15, -0.1) is 0 Å². The van der Waals surface area contributed by atoms with Gasteiger partial charge in [-0.3, -0.25) is 14.6 Å². The largest absolute Gasteiger partial charge is 0.464 e. The molecular weight excluding hydrogens is 911 g/mol. The Bertz CT molecular complexity index is 1970. The molecule has 1 amide bonds. The lowest BCUT2D eigenvalue weighted by molar-refractivity contribution is -0.191. The van der Waals surface area contributed by atoms with Crippen molar-refractivity contribution >= 4 is 18.7 Å². The third kappa shape index (κ3) is 19.6. The molecule has 4 heterocycles. The molecule has 4 saturated heterocycles. The van der Waals surface area contributed by atoms with E-state index in [0.717, 1.165) is 51.9 Å². The Morgan fingerprint density at radius 1 is 0.667 bits per heavy atom. The first-order valence-electron chi connectivity index (χ1n) is 24.0. The Labute approximate surface area is 404 Å². The molecule has 4 fully saturated rings. The van der Waals surface area contributed by atoms with Gasteiger partial charge in [-0.25, -0.2) is 4.79 Å². The number of carbonyl (C=O) groups excluding carboxylic acids is 4. The summed E-state index contributed by atoms with van der Waals surface area (Å²) < 4.78 is 104. The molecule has 0 aromatic heterocycles. The second-order valence-corrected chi connectivity index (χ2v) is 21.5. The van der Waals surface area contributed by atoms with Gasteiger partial charge in [0.1, 0.15) is 11.7 Å². The van der Waals surface area contributed by atoms with Crippen LogP contribution in [0.2, 0.25) is 0 Å². The van der Waals surface area contributed by atoms with E-state index in [0.29, 0.717) is 99.6 Å². The number of ether oxygens (including phenoxy) is 4. The molecule has 6 rings (SSSR count). The third-order valence-electron chi connectivity index (χ3n) is 13.5. The van der Waals surface area contributed by atoms with Crippen LogP contribution in [0.3, 0.4) is 0 Å². The second kappa shape index (κ2) is 24.9. The average Bonchev–Trinajstić information content (AvgIpc) is 3.25. The average molecular weight is 985 g/mol. The number of nitrogens with zero attached hydrogens (tertiary/aromatic N) is 3. The monoisotopic (exact) mass is 985 g/mol. The van der Waals surface area contributed by atoms with Crippen LogP contribution in [0, 0.1) is 11.3 Å². The van der Waals surface area contributed by atoms with Crippen LogP contribution in [0.4, 0.5) is 31.1 Å². The maximum absolute atomic E-state index is 13.7. The molecule has 0 radical (unpaired) electrons. The van der Waals surface area contributed by atoms with E-state index in [1.54, 1.807) is 4.90 Å². The van der Waals surface area contributed by atoms with E-state index in [1.807, 2.05) is 46.8 Å². The Morgan fingerprint density at radius 2 is 1.07 bits per heavy atom. The minimum atomic E-state index is -4.41. The predicted molar refractivity (Wildman–Crippen MR) is 246 cm³/mol. The Kier molecular flexibility index (Phi) is 20.7. The summed E-state index contributed by atoms with van der Waals surface area (Å²) in [5.41, 5.74) is 0.00253. The predicted octanol–water partition coefficient (Wildman–Crippen LogP) is 10.2. The Hall–Kier alpha value is -4.06. The Balaban J connectivity index is 0.000000291. The molecule has 18 heteroatoms. The maximum atomic E-state index is 13.7. The van der Waals surface area contributed by atoms with Crippen molar-refractivity contribution in [1.82, 2.24) is 20.0 Å². The Morgan fingerprint density at radius 3 is 1.46 bits per heavy atom. The highest BCUT2D eigenvalue weighted by Gasteiger charge is 2.37. The fourth-order valence-electron chi connectivity index (χ4n) is 9.21. The van der Waals surface area contributed by atoms with Crippen molar-refractivity contribution in [2.24, 2.45) is 11.3 Å². The van der Waals surface area contributed by atoms with Gasteiger partial charge >= 0.3 is 24.6 Å². The zero-order valence-corrected chi connectivity index (χ0v) is 41.7.